The Morgan fingerprint density at radius 1 is 1.11 bits per heavy atom. The maximum Gasteiger partial charge on any atom is 0.256 e. The molecule has 2 aromatic carbocycles. The average molecular weight is 518 g/mol. The predicted molar refractivity (Wildman–Crippen MR) is 135 cm³/mol. The molecule has 10 heteroatoms. The molecule has 0 bridgehead atoms. The summed E-state index contributed by atoms with van der Waals surface area (Å²) in [6.07, 6.45) is 1.06. The van der Waals surface area contributed by atoms with Crippen molar-refractivity contribution in [2.24, 2.45) is 0 Å². The van der Waals surface area contributed by atoms with Crippen LogP contribution in [0.25, 0.3) is 0 Å². The fraction of sp³-hybridized carbons (Fsp3) is 0.320. The number of carbonyl (C=O) groups excluding carboxylic acids is 1. The lowest BCUT2D eigenvalue weighted by atomic mass is 9.77. The maximum absolute atomic E-state index is 13.8. The van der Waals surface area contributed by atoms with Gasteiger partial charge in [0.05, 0.1) is 12.7 Å². The molecule has 1 aromatic heterocycles. The van der Waals surface area contributed by atoms with Gasteiger partial charge in [0, 0.05) is 16.8 Å². The van der Waals surface area contributed by atoms with E-state index in [-0.39, 0.29) is 12.1 Å². The Hall–Kier alpha value is -2.79. The zero-order chi connectivity index (χ0) is 24.9. The second kappa shape index (κ2) is 10.9. The van der Waals surface area contributed by atoms with Gasteiger partial charge >= 0.3 is 0 Å². The Morgan fingerprint density at radius 2 is 1.83 bits per heavy atom. The van der Waals surface area contributed by atoms with Crippen molar-refractivity contribution in [2.45, 2.75) is 30.2 Å². The molecule has 1 unspecified atom stereocenters. The van der Waals surface area contributed by atoms with Gasteiger partial charge in [-0.2, -0.15) is 0 Å². The SMILES string of the molecule is COc1ccccc1C(=O)NC(C1(c2cccs2)CCNCC1)S(=O)(=O)NCc1ccc(F)cc1. The monoisotopic (exact) mass is 517 g/mol. The van der Waals surface area contributed by atoms with Crippen molar-refractivity contribution in [2.75, 3.05) is 20.2 Å². The maximum atomic E-state index is 13.8. The third-order valence-electron chi connectivity index (χ3n) is 6.32. The van der Waals surface area contributed by atoms with Crippen molar-refractivity contribution < 1.29 is 22.3 Å². The molecule has 1 amide bonds. The lowest BCUT2D eigenvalue weighted by Crippen LogP contribution is -2.60. The van der Waals surface area contributed by atoms with Crippen LogP contribution in [-0.4, -0.2) is 39.9 Å². The molecule has 0 spiro atoms. The summed E-state index contributed by atoms with van der Waals surface area (Å²) in [5, 5.41) is 6.81. The number of ether oxygens (including phenoxy) is 1. The molecule has 3 N–H and O–H groups in total. The first-order valence-corrected chi connectivity index (χ1v) is 13.7. The molecule has 1 saturated heterocycles. The summed E-state index contributed by atoms with van der Waals surface area (Å²) in [4.78, 5) is 14.3. The van der Waals surface area contributed by atoms with Crippen molar-refractivity contribution >= 4 is 27.3 Å². The summed E-state index contributed by atoms with van der Waals surface area (Å²) in [6, 6.07) is 16.1. The van der Waals surface area contributed by atoms with E-state index in [0.29, 0.717) is 37.2 Å². The fourth-order valence-electron chi connectivity index (χ4n) is 4.48. The van der Waals surface area contributed by atoms with E-state index in [9.17, 15) is 17.6 Å². The molecule has 0 aliphatic carbocycles. The third-order valence-corrected chi connectivity index (χ3v) is 9.15. The Labute approximate surface area is 208 Å². The molecule has 35 heavy (non-hydrogen) atoms. The molecule has 7 nitrogen and oxygen atoms in total. The first kappa shape index (κ1) is 25.3. The molecule has 1 aliphatic rings. The van der Waals surface area contributed by atoms with Crippen LogP contribution in [-0.2, 0) is 22.0 Å². The Kier molecular flexibility index (Phi) is 7.85. The van der Waals surface area contributed by atoms with Crippen LogP contribution in [0.5, 0.6) is 5.75 Å². The quantitative estimate of drug-likeness (QED) is 0.404. The zero-order valence-corrected chi connectivity index (χ0v) is 20.9. The normalized spacial score (nSPS) is 16.4. The molecule has 1 atom stereocenters. The standard InChI is InChI=1S/C25H28FN3O4S2/c1-33-21-6-3-2-5-20(21)23(30)29-24(25(12-14-27-15-13-25)22-7-4-16-34-22)35(31,32)28-17-18-8-10-19(26)11-9-18/h2-11,16,24,27-28H,12-15,17H2,1H3,(H,29,30). The number of nitrogens with one attached hydrogen (secondary N) is 3. The van der Waals surface area contributed by atoms with Crippen LogP contribution in [0.1, 0.15) is 33.6 Å². The first-order valence-electron chi connectivity index (χ1n) is 11.3. The number of thiophene rings is 1. The van der Waals surface area contributed by atoms with Crippen LogP contribution < -0.4 is 20.1 Å². The molecular weight excluding hydrogens is 489 g/mol. The number of hydrogen-bond acceptors (Lipinski definition) is 6. The molecule has 0 radical (unpaired) electrons. The zero-order valence-electron chi connectivity index (χ0n) is 19.3. The average Bonchev–Trinajstić information content (AvgIpc) is 3.43. The summed E-state index contributed by atoms with van der Waals surface area (Å²) in [6.45, 7) is 1.21. The molecule has 186 valence electrons. The molecule has 1 aliphatic heterocycles. The second-order valence-electron chi connectivity index (χ2n) is 8.43. The van der Waals surface area contributed by atoms with Gasteiger partial charge in [0.25, 0.3) is 5.91 Å². The van der Waals surface area contributed by atoms with E-state index in [2.05, 4.69) is 15.4 Å². The van der Waals surface area contributed by atoms with E-state index in [1.54, 1.807) is 24.3 Å². The number of sulfonamides is 1. The van der Waals surface area contributed by atoms with E-state index >= 15 is 0 Å². The van der Waals surface area contributed by atoms with Crippen molar-refractivity contribution in [3.05, 3.63) is 87.9 Å². The molecule has 2 heterocycles. The largest absolute Gasteiger partial charge is 0.496 e. The minimum Gasteiger partial charge on any atom is -0.496 e. The Balaban J connectivity index is 1.72. The van der Waals surface area contributed by atoms with Gasteiger partial charge in [0.1, 0.15) is 11.6 Å². The minimum absolute atomic E-state index is 0.0254. The lowest BCUT2D eigenvalue weighted by Gasteiger charge is -2.42. The van der Waals surface area contributed by atoms with Crippen molar-refractivity contribution in [3.8, 4) is 5.75 Å². The number of methoxy groups -OCH3 is 1. The highest BCUT2D eigenvalue weighted by Gasteiger charge is 2.49. The van der Waals surface area contributed by atoms with E-state index < -0.39 is 32.5 Å². The van der Waals surface area contributed by atoms with E-state index in [1.165, 1.54) is 42.7 Å². The van der Waals surface area contributed by atoms with Gasteiger partial charge in [0.2, 0.25) is 10.0 Å². The Bertz CT molecular complexity index is 1240. The molecule has 3 aromatic rings. The molecule has 1 fully saturated rings. The van der Waals surface area contributed by atoms with Crippen LogP contribution in [0.3, 0.4) is 0 Å². The van der Waals surface area contributed by atoms with Gasteiger partial charge in [-0.3, -0.25) is 4.79 Å². The van der Waals surface area contributed by atoms with Gasteiger partial charge in [-0.25, -0.2) is 17.5 Å². The van der Waals surface area contributed by atoms with Crippen molar-refractivity contribution in [3.63, 3.8) is 0 Å². The van der Waals surface area contributed by atoms with Crippen LogP contribution >= 0.6 is 11.3 Å². The summed E-state index contributed by atoms with van der Waals surface area (Å²) < 4.78 is 49.0. The lowest BCUT2D eigenvalue weighted by molar-refractivity contribution is 0.0922. The van der Waals surface area contributed by atoms with Crippen LogP contribution in [0.2, 0.25) is 0 Å². The first-order chi connectivity index (χ1) is 16.9. The summed E-state index contributed by atoms with van der Waals surface area (Å²) in [7, 11) is -2.61. The van der Waals surface area contributed by atoms with Crippen LogP contribution in [0.15, 0.2) is 66.0 Å². The highest BCUT2D eigenvalue weighted by molar-refractivity contribution is 7.90. The second-order valence-corrected chi connectivity index (χ2v) is 11.2. The van der Waals surface area contributed by atoms with Gasteiger partial charge in [-0.15, -0.1) is 11.3 Å². The molecule has 4 rings (SSSR count). The number of para-hydroxylation sites is 1. The highest BCUT2D eigenvalue weighted by Crippen LogP contribution is 2.41. The molecule has 0 saturated carbocycles. The van der Waals surface area contributed by atoms with E-state index in [4.69, 9.17) is 4.74 Å². The number of amides is 1. The number of hydrogen-bond donors (Lipinski definition) is 3. The number of piperidine rings is 1. The van der Waals surface area contributed by atoms with Crippen molar-refractivity contribution in [1.82, 2.24) is 15.4 Å². The van der Waals surface area contributed by atoms with Gasteiger partial charge in [-0.1, -0.05) is 30.3 Å². The van der Waals surface area contributed by atoms with Crippen LogP contribution in [0.4, 0.5) is 4.39 Å². The predicted octanol–water partition coefficient (Wildman–Crippen LogP) is 3.39. The number of rotatable bonds is 9. The van der Waals surface area contributed by atoms with Crippen molar-refractivity contribution in [1.29, 1.82) is 0 Å². The van der Waals surface area contributed by atoms with Gasteiger partial charge in [0.15, 0.2) is 5.37 Å². The number of benzene rings is 2. The summed E-state index contributed by atoms with van der Waals surface area (Å²) in [5.74, 6) is -0.574. The number of carbonyl (C=O) groups is 1. The van der Waals surface area contributed by atoms with Gasteiger partial charge < -0.3 is 15.4 Å². The van der Waals surface area contributed by atoms with Crippen LogP contribution in [0, 0.1) is 5.82 Å². The van der Waals surface area contributed by atoms with E-state index in [0.717, 1.165) is 4.88 Å². The Morgan fingerprint density at radius 3 is 2.49 bits per heavy atom. The minimum atomic E-state index is -4.08. The summed E-state index contributed by atoms with van der Waals surface area (Å²) >= 11 is 1.48. The van der Waals surface area contributed by atoms with Gasteiger partial charge in [-0.05, 0) is 67.2 Å². The smallest absolute Gasteiger partial charge is 0.256 e. The third kappa shape index (κ3) is 5.56. The topological polar surface area (TPSA) is 96.5 Å². The number of halogens is 1. The fourth-order valence-corrected chi connectivity index (χ4v) is 7.33. The molecular formula is C25H28FN3O4S2. The van der Waals surface area contributed by atoms with E-state index in [1.807, 2.05) is 17.5 Å². The summed E-state index contributed by atoms with van der Waals surface area (Å²) in [5.41, 5.74) is 0.0374. The highest BCUT2D eigenvalue weighted by atomic mass is 32.2.